The standard InChI is InChI=1S/C23H29BrN4O2/c24-20-6-4-19(5-7-20)23(9-17-30-18-10-23)26-12-8-22(29)28-15-13-27(14-16-28)21-3-1-2-11-25-21/h1-7,11,26H,8-10,12-18H2. The lowest BCUT2D eigenvalue weighted by Crippen LogP contribution is -2.51. The summed E-state index contributed by atoms with van der Waals surface area (Å²) in [7, 11) is 0. The van der Waals surface area contributed by atoms with Crippen LogP contribution in [0.3, 0.4) is 0 Å². The highest BCUT2D eigenvalue weighted by Gasteiger charge is 2.34. The summed E-state index contributed by atoms with van der Waals surface area (Å²) >= 11 is 3.52. The van der Waals surface area contributed by atoms with E-state index >= 15 is 0 Å². The maximum absolute atomic E-state index is 12.8. The fourth-order valence-electron chi connectivity index (χ4n) is 4.35. The van der Waals surface area contributed by atoms with Crippen molar-refractivity contribution in [3.63, 3.8) is 0 Å². The normalized spacial score (nSPS) is 19.0. The van der Waals surface area contributed by atoms with Gasteiger partial charge in [0.05, 0.1) is 0 Å². The lowest BCUT2D eigenvalue weighted by atomic mass is 9.82. The summed E-state index contributed by atoms with van der Waals surface area (Å²) in [5.41, 5.74) is 1.15. The van der Waals surface area contributed by atoms with E-state index in [1.54, 1.807) is 0 Å². The number of rotatable bonds is 6. The lowest BCUT2D eigenvalue weighted by molar-refractivity contribution is -0.131. The molecule has 4 rings (SSSR count). The van der Waals surface area contributed by atoms with Crippen molar-refractivity contribution in [2.45, 2.75) is 24.8 Å². The second-order valence-electron chi connectivity index (χ2n) is 7.93. The molecule has 0 atom stereocenters. The summed E-state index contributed by atoms with van der Waals surface area (Å²) in [6.07, 6.45) is 4.18. The smallest absolute Gasteiger partial charge is 0.223 e. The van der Waals surface area contributed by atoms with E-state index in [9.17, 15) is 4.79 Å². The Bertz CT molecular complexity index is 817. The molecule has 160 valence electrons. The van der Waals surface area contributed by atoms with Crippen molar-refractivity contribution in [1.29, 1.82) is 0 Å². The summed E-state index contributed by atoms with van der Waals surface area (Å²) in [6, 6.07) is 14.5. The molecule has 6 nitrogen and oxygen atoms in total. The summed E-state index contributed by atoms with van der Waals surface area (Å²) < 4.78 is 6.68. The predicted molar refractivity (Wildman–Crippen MR) is 122 cm³/mol. The second kappa shape index (κ2) is 9.90. The molecule has 2 aliphatic heterocycles. The number of pyridine rings is 1. The number of anilines is 1. The summed E-state index contributed by atoms with van der Waals surface area (Å²) in [5.74, 6) is 1.21. The number of amides is 1. The Kier molecular flexibility index (Phi) is 7.02. The molecule has 0 aliphatic carbocycles. The van der Waals surface area contributed by atoms with E-state index in [1.807, 2.05) is 29.3 Å². The van der Waals surface area contributed by atoms with Gasteiger partial charge in [-0.2, -0.15) is 0 Å². The van der Waals surface area contributed by atoms with Crippen molar-refractivity contribution in [2.75, 3.05) is 50.8 Å². The van der Waals surface area contributed by atoms with E-state index in [0.717, 1.165) is 62.5 Å². The van der Waals surface area contributed by atoms with Gasteiger partial charge in [0.2, 0.25) is 5.91 Å². The number of piperazine rings is 1. The molecule has 0 unspecified atom stereocenters. The third-order valence-corrected chi connectivity index (χ3v) is 6.68. The van der Waals surface area contributed by atoms with E-state index in [1.165, 1.54) is 5.56 Å². The quantitative estimate of drug-likeness (QED) is 0.699. The largest absolute Gasteiger partial charge is 0.381 e. The fourth-order valence-corrected chi connectivity index (χ4v) is 4.61. The van der Waals surface area contributed by atoms with Gasteiger partial charge in [0, 0.05) is 68.6 Å². The molecule has 1 aromatic carbocycles. The number of hydrogen-bond acceptors (Lipinski definition) is 5. The zero-order valence-corrected chi connectivity index (χ0v) is 18.8. The maximum Gasteiger partial charge on any atom is 0.223 e. The van der Waals surface area contributed by atoms with Gasteiger partial charge in [-0.05, 0) is 42.7 Å². The molecule has 30 heavy (non-hydrogen) atoms. The van der Waals surface area contributed by atoms with Gasteiger partial charge in [0.15, 0.2) is 0 Å². The topological polar surface area (TPSA) is 57.7 Å². The first kappa shape index (κ1) is 21.3. The SMILES string of the molecule is O=C(CCNC1(c2ccc(Br)cc2)CCOCC1)N1CCN(c2ccccn2)CC1. The average molecular weight is 473 g/mol. The number of benzene rings is 1. The van der Waals surface area contributed by atoms with E-state index in [-0.39, 0.29) is 11.4 Å². The molecule has 7 heteroatoms. The third kappa shape index (κ3) is 5.02. The van der Waals surface area contributed by atoms with Gasteiger partial charge in [0.1, 0.15) is 5.82 Å². The number of aromatic nitrogens is 1. The van der Waals surface area contributed by atoms with Crippen LogP contribution in [0.25, 0.3) is 0 Å². The van der Waals surface area contributed by atoms with Crippen molar-refractivity contribution in [1.82, 2.24) is 15.2 Å². The first-order chi connectivity index (χ1) is 14.7. The minimum atomic E-state index is -0.114. The second-order valence-corrected chi connectivity index (χ2v) is 8.85. The molecule has 2 aliphatic rings. The highest BCUT2D eigenvalue weighted by molar-refractivity contribution is 9.10. The number of carbonyl (C=O) groups excluding carboxylic acids is 1. The van der Waals surface area contributed by atoms with Crippen molar-refractivity contribution in [3.05, 3.63) is 58.7 Å². The van der Waals surface area contributed by atoms with Crippen LogP contribution in [-0.2, 0) is 15.1 Å². The van der Waals surface area contributed by atoms with Gasteiger partial charge < -0.3 is 19.9 Å². The first-order valence-corrected chi connectivity index (χ1v) is 11.5. The predicted octanol–water partition coefficient (Wildman–Crippen LogP) is 3.18. The Balaban J connectivity index is 1.29. The molecule has 3 heterocycles. The molecule has 1 amide bonds. The molecule has 0 bridgehead atoms. The van der Waals surface area contributed by atoms with Crippen molar-refractivity contribution < 1.29 is 9.53 Å². The minimum absolute atomic E-state index is 0.114. The molecule has 0 radical (unpaired) electrons. The van der Waals surface area contributed by atoms with E-state index < -0.39 is 0 Å². The van der Waals surface area contributed by atoms with Crippen molar-refractivity contribution >= 4 is 27.7 Å². The van der Waals surface area contributed by atoms with E-state index in [0.29, 0.717) is 13.0 Å². The van der Waals surface area contributed by atoms with Crippen LogP contribution in [0.15, 0.2) is 53.1 Å². The summed E-state index contributed by atoms with van der Waals surface area (Å²) in [6.45, 7) is 5.32. The Hall–Kier alpha value is -1.96. The highest BCUT2D eigenvalue weighted by Crippen LogP contribution is 2.33. The maximum atomic E-state index is 12.8. The number of ether oxygens (including phenoxy) is 1. The Morgan fingerprint density at radius 3 is 2.47 bits per heavy atom. The number of halogens is 1. The Labute approximate surface area is 186 Å². The van der Waals surface area contributed by atoms with Gasteiger partial charge in [-0.15, -0.1) is 0 Å². The molecule has 1 aromatic heterocycles. The van der Waals surface area contributed by atoms with Crippen LogP contribution in [-0.4, -0.2) is 61.7 Å². The van der Waals surface area contributed by atoms with E-state index in [4.69, 9.17) is 4.74 Å². The molecule has 0 saturated carbocycles. The monoisotopic (exact) mass is 472 g/mol. The first-order valence-electron chi connectivity index (χ1n) is 10.7. The molecule has 0 spiro atoms. The Morgan fingerprint density at radius 2 is 1.80 bits per heavy atom. The molecule has 1 N–H and O–H groups in total. The van der Waals surface area contributed by atoms with Crippen LogP contribution >= 0.6 is 15.9 Å². The van der Waals surface area contributed by atoms with Crippen LogP contribution < -0.4 is 10.2 Å². The van der Waals surface area contributed by atoms with Gasteiger partial charge in [0.25, 0.3) is 0 Å². The summed E-state index contributed by atoms with van der Waals surface area (Å²) in [5, 5.41) is 3.71. The number of nitrogens with zero attached hydrogens (tertiary/aromatic N) is 3. The van der Waals surface area contributed by atoms with Crippen LogP contribution in [0, 0.1) is 0 Å². The minimum Gasteiger partial charge on any atom is -0.381 e. The number of hydrogen-bond donors (Lipinski definition) is 1. The molecule has 2 aromatic rings. The molecule has 2 fully saturated rings. The zero-order chi connectivity index (χ0) is 20.8. The van der Waals surface area contributed by atoms with Crippen LogP contribution in [0.5, 0.6) is 0 Å². The van der Waals surface area contributed by atoms with Gasteiger partial charge in [-0.25, -0.2) is 4.98 Å². The van der Waals surface area contributed by atoms with Crippen LogP contribution in [0.1, 0.15) is 24.8 Å². The Morgan fingerprint density at radius 1 is 1.07 bits per heavy atom. The zero-order valence-electron chi connectivity index (χ0n) is 17.2. The average Bonchev–Trinajstić information content (AvgIpc) is 2.81. The van der Waals surface area contributed by atoms with Crippen LogP contribution in [0.2, 0.25) is 0 Å². The molecular weight excluding hydrogens is 444 g/mol. The lowest BCUT2D eigenvalue weighted by Gasteiger charge is -2.39. The number of nitrogens with one attached hydrogen (secondary N) is 1. The molecule has 2 saturated heterocycles. The van der Waals surface area contributed by atoms with E-state index in [2.05, 4.69) is 55.4 Å². The van der Waals surface area contributed by atoms with Gasteiger partial charge in [-0.1, -0.05) is 34.1 Å². The van der Waals surface area contributed by atoms with Gasteiger partial charge >= 0.3 is 0 Å². The third-order valence-electron chi connectivity index (χ3n) is 6.15. The highest BCUT2D eigenvalue weighted by atomic mass is 79.9. The van der Waals surface area contributed by atoms with Gasteiger partial charge in [-0.3, -0.25) is 4.79 Å². The molecular formula is C23H29BrN4O2. The summed E-state index contributed by atoms with van der Waals surface area (Å²) in [4.78, 5) is 21.4. The fraction of sp³-hybridized carbons (Fsp3) is 0.478. The number of carbonyl (C=O) groups is 1. The van der Waals surface area contributed by atoms with Crippen molar-refractivity contribution in [3.8, 4) is 0 Å². The van der Waals surface area contributed by atoms with Crippen molar-refractivity contribution in [2.24, 2.45) is 0 Å². The van der Waals surface area contributed by atoms with Crippen LogP contribution in [0.4, 0.5) is 5.82 Å².